The molecule has 2 aliphatic rings. The van der Waals surface area contributed by atoms with E-state index in [0.717, 1.165) is 55.7 Å². The first kappa shape index (κ1) is 28.0. The molecule has 208 valence electrons. The van der Waals surface area contributed by atoms with E-state index >= 15 is 0 Å². The summed E-state index contributed by atoms with van der Waals surface area (Å²) in [7, 11) is 1.74. The predicted molar refractivity (Wildman–Crippen MR) is 136 cm³/mol. The zero-order valence-electron chi connectivity index (χ0n) is 21.7. The minimum Gasteiger partial charge on any atom is -0.384 e. The van der Waals surface area contributed by atoms with Crippen LogP contribution in [0, 0.1) is 5.92 Å². The molecular formula is C25H34F3N7O3. The SMILES string of the molecule is CC(C)(O)O.COCC1CCC(n2cnc3c(N[C@H]4CCN(c5ccc(C(F)(F)F)cn5)C4)ncnc32)C1. The van der Waals surface area contributed by atoms with E-state index in [9.17, 15) is 13.2 Å². The Morgan fingerprint density at radius 3 is 2.50 bits per heavy atom. The summed E-state index contributed by atoms with van der Waals surface area (Å²) in [5.41, 5.74) is 0.809. The first-order valence-electron chi connectivity index (χ1n) is 12.6. The molecule has 3 aromatic heterocycles. The van der Waals surface area contributed by atoms with Crippen molar-refractivity contribution in [3.63, 3.8) is 0 Å². The number of hydrogen-bond acceptors (Lipinski definition) is 9. The van der Waals surface area contributed by atoms with Crippen LogP contribution in [-0.2, 0) is 10.9 Å². The molecule has 0 radical (unpaired) electrons. The maximum atomic E-state index is 12.8. The van der Waals surface area contributed by atoms with Crippen LogP contribution < -0.4 is 10.2 Å². The summed E-state index contributed by atoms with van der Waals surface area (Å²) in [6, 6.07) is 2.93. The third-order valence-corrected chi connectivity index (χ3v) is 6.60. The normalized spacial score (nSPS) is 22.0. The first-order valence-corrected chi connectivity index (χ1v) is 12.6. The van der Waals surface area contributed by atoms with Gasteiger partial charge >= 0.3 is 6.18 Å². The summed E-state index contributed by atoms with van der Waals surface area (Å²) >= 11 is 0. The molecule has 1 aliphatic carbocycles. The number of alkyl halides is 3. The van der Waals surface area contributed by atoms with Gasteiger partial charge in [-0.1, -0.05) is 0 Å². The second-order valence-corrected chi connectivity index (χ2v) is 10.3. The number of nitrogens with one attached hydrogen (secondary N) is 1. The van der Waals surface area contributed by atoms with Crippen molar-refractivity contribution in [3.8, 4) is 0 Å². The van der Waals surface area contributed by atoms with Gasteiger partial charge in [0.1, 0.15) is 17.7 Å². The Labute approximate surface area is 218 Å². The van der Waals surface area contributed by atoms with Crippen LogP contribution in [0.4, 0.5) is 24.8 Å². The number of hydrogen-bond donors (Lipinski definition) is 3. The summed E-state index contributed by atoms with van der Waals surface area (Å²) in [4.78, 5) is 19.5. The number of ether oxygens (including phenoxy) is 1. The summed E-state index contributed by atoms with van der Waals surface area (Å²) < 4.78 is 45.8. The van der Waals surface area contributed by atoms with E-state index in [2.05, 4.69) is 29.8 Å². The number of aromatic nitrogens is 5. The Morgan fingerprint density at radius 1 is 1.08 bits per heavy atom. The average Bonchev–Trinajstić information content (AvgIpc) is 3.58. The predicted octanol–water partition coefficient (Wildman–Crippen LogP) is 3.63. The molecule has 3 atom stereocenters. The molecule has 2 fully saturated rings. The van der Waals surface area contributed by atoms with Crippen molar-refractivity contribution >= 4 is 22.8 Å². The van der Waals surface area contributed by atoms with Gasteiger partial charge < -0.3 is 29.7 Å². The van der Waals surface area contributed by atoms with Crippen LogP contribution in [0.1, 0.15) is 51.1 Å². The number of nitrogens with zero attached hydrogens (tertiary/aromatic N) is 6. The Kier molecular flexibility index (Phi) is 8.38. The molecule has 2 unspecified atom stereocenters. The van der Waals surface area contributed by atoms with Crippen LogP contribution in [0.3, 0.4) is 0 Å². The van der Waals surface area contributed by atoms with E-state index in [1.807, 2.05) is 11.2 Å². The Hall–Kier alpha value is -3.03. The minimum absolute atomic E-state index is 0.0786. The maximum absolute atomic E-state index is 12.8. The molecule has 1 saturated heterocycles. The molecule has 10 nitrogen and oxygen atoms in total. The summed E-state index contributed by atoms with van der Waals surface area (Å²) in [5.74, 6) is 0.272. The minimum atomic E-state index is -4.38. The van der Waals surface area contributed by atoms with Crippen molar-refractivity contribution < 1.29 is 28.1 Å². The number of methoxy groups -OCH3 is 1. The molecule has 3 N–H and O–H groups in total. The molecule has 1 saturated carbocycles. The molecule has 0 spiro atoms. The van der Waals surface area contributed by atoms with E-state index < -0.39 is 17.5 Å². The van der Waals surface area contributed by atoms with Crippen molar-refractivity contribution in [1.29, 1.82) is 0 Å². The zero-order valence-corrected chi connectivity index (χ0v) is 21.7. The lowest BCUT2D eigenvalue weighted by molar-refractivity contribution is -0.137. The number of fused-ring (bicyclic) bond motifs is 1. The molecular weight excluding hydrogens is 503 g/mol. The van der Waals surface area contributed by atoms with Crippen LogP contribution >= 0.6 is 0 Å². The Bertz CT molecular complexity index is 1190. The van der Waals surface area contributed by atoms with Gasteiger partial charge in [0.2, 0.25) is 0 Å². The van der Waals surface area contributed by atoms with E-state index in [1.165, 1.54) is 19.9 Å². The molecule has 0 aromatic carbocycles. The second-order valence-electron chi connectivity index (χ2n) is 10.3. The second kappa shape index (κ2) is 11.4. The molecule has 13 heteroatoms. The van der Waals surface area contributed by atoms with Crippen molar-refractivity contribution in [1.82, 2.24) is 24.5 Å². The van der Waals surface area contributed by atoms with E-state index in [-0.39, 0.29) is 6.04 Å². The number of halogens is 3. The lowest BCUT2D eigenvalue weighted by Gasteiger charge is -2.19. The zero-order chi connectivity index (χ0) is 27.5. The van der Waals surface area contributed by atoms with Crippen LogP contribution in [0.2, 0.25) is 0 Å². The maximum Gasteiger partial charge on any atom is 0.417 e. The van der Waals surface area contributed by atoms with Gasteiger partial charge in [-0.25, -0.2) is 19.9 Å². The van der Waals surface area contributed by atoms with Gasteiger partial charge in [0.25, 0.3) is 0 Å². The van der Waals surface area contributed by atoms with Crippen molar-refractivity contribution in [2.75, 3.05) is 37.0 Å². The Morgan fingerprint density at radius 2 is 1.84 bits per heavy atom. The van der Waals surface area contributed by atoms with E-state index in [1.54, 1.807) is 13.4 Å². The van der Waals surface area contributed by atoms with Crippen molar-refractivity contribution in [3.05, 3.63) is 36.5 Å². The molecule has 0 bridgehead atoms. The van der Waals surface area contributed by atoms with Crippen LogP contribution in [-0.4, -0.2) is 73.4 Å². The highest BCUT2D eigenvalue weighted by atomic mass is 19.4. The highest BCUT2D eigenvalue weighted by Crippen LogP contribution is 2.37. The standard InChI is InChI=1S/C22H26F3N7O.C3H8O2/c1-33-11-14-2-4-17(8-14)32-13-29-19-20(27-12-28-21(19)32)30-16-6-7-31(10-16)18-5-3-15(9-26-18)22(23,24)25;1-3(2,4)5/h3,5,9,12-14,16-17H,2,4,6-8,10-11H2,1H3,(H,27,28,30);4-5H,1-2H3/t14?,16-,17?;/m0./s1. The third-order valence-electron chi connectivity index (χ3n) is 6.60. The third kappa shape index (κ3) is 7.08. The molecule has 0 amide bonds. The summed E-state index contributed by atoms with van der Waals surface area (Å²) in [5, 5.41) is 19.6. The lowest BCUT2D eigenvalue weighted by Crippen LogP contribution is -2.27. The number of pyridine rings is 1. The molecule has 4 heterocycles. The summed E-state index contributed by atoms with van der Waals surface area (Å²) in [6.07, 6.45) is 3.96. The summed E-state index contributed by atoms with van der Waals surface area (Å²) in [6.45, 7) is 4.68. The van der Waals surface area contributed by atoms with Crippen LogP contribution in [0.25, 0.3) is 11.2 Å². The molecule has 38 heavy (non-hydrogen) atoms. The smallest absolute Gasteiger partial charge is 0.384 e. The number of anilines is 2. The number of imidazole rings is 1. The monoisotopic (exact) mass is 537 g/mol. The highest BCUT2D eigenvalue weighted by molar-refractivity contribution is 5.83. The molecule has 1 aliphatic heterocycles. The quantitative estimate of drug-likeness (QED) is 0.405. The van der Waals surface area contributed by atoms with Gasteiger partial charge in [-0.05, 0) is 57.6 Å². The van der Waals surface area contributed by atoms with Gasteiger partial charge in [-0.15, -0.1) is 0 Å². The van der Waals surface area contributed by atoms with E-state index in [0.29, 0.717) is 36.7 Å². The molecule has 3 aromatic rings. The Balaban J connectivity index is 0.000000617. The van der Waals surface area contributed by atoms with Crippen molar-refractivity contribution in [2.24, 2.45) is 5.92 Å². The average molecular weight is 538 g/mol. The largest absolute Gasteiger partial charge is 0.417 e. The van der Waals surface area contributed by atoms with Gasteiger partial charge in [-0.3, -0.25) is 0 Å². The fraction of sp³-hybridized carbons (Fsp3) is 0.600. The van der Waals surface area contributed by atoms with Gasteiger partial charge in [-0.2, -0.15) is 13.2 Å². The fourth-order valence-electron chi connectivity index (χ4n) is 4.93. The fourth-order valence-corrected chi connectivity index (χ4v) is 4.93. The lowest BCUT2D eigenvalue weighted by atomic mass is 10.1. The van der Waals surface area contributed by atoms with Gasteiger partial charge in [0, 0.05) is 45.1 Å². The van der Waals surface area contributed by atoms with Crippen molar-refractivity contribution in [2.45, 2.75) is 63.6 Å². The number of aliphatic hydroxyl groups is 2. The van der Waals surface area contributed by atoms with Gasteiger partial charge in [0.15, 0.2) is 17.3 Å². The van der Waals surface area contributed by atoms with E-state index in [4.69, 9.17) is 14.9 Å². The van der Waals surface area contributed by atoms with Crippen LogP contribution in [0.5, 0.6) is 0 Å². The van der Waals surface area contributed by atoms with Crippen LogP contribution in [0.15, 0.2) is 31.0 Å². The van der Waals surface area contributed by atoms with Gasteiger partial charge in [0.05, 0.1) is 11.9 Å². The topological polar surface area (TPSA) is 121 Å². The molecule has 5 rings (SSSR count). The first-order chi connectivity index (χ1) is 17.9. The number of rotatable bonds is 6. The highest BCUT2D eigenvalue weighted by Gasteiger charge is 2.32.